The third-order valence-electron chi connectivity index (χ3n) is 3.47. The molecule has 2 aliphatic rings. The Morgan fingerprint density at radius 2 is 2.27 bits per heavy atom. The Morgan fingerprint density at radius 1 is 1.45 bits per heavy atom. The fourth-order valence-corrected chi connectivity index (χ4v) is 3.13. The van der Waals surface area contributed by atoms with Gasteiger partial charge < -0.3 is 0 Å². The highest BCUT2D eigenvalue weighted by molar-refractivity contribution is 6.18. The van der Waals surface area contributed by atoms with Crippen molar-refractivity contribution in [2.75, 3.05) is 12.9 Å². The minimum absolute atomic E-state index is 0.673. The summed E-state index contributed by atoms with van der Waals surface area (Å²) in [4.78, 5) is 2.50. The van der Waals surface area contributed by atoms with E-state index in [9.17, 15) is 0 Å². The molecule has 0 spiro atoms. The molecule has 3 atom stereocenters. The molecule has 0 aromatic heterocycles. The molecule has 1 aliphatic carbocycles. The molecule has 0 aromatic carbocycles. The summed E-state index contributed by atoms with van der Waals surface area (Å²) in [6.07, 6.45) is 5.65. The topological polar surface area (TPSA) is 3.24 Å². The minimum atomic E-state index is 0.673. The Kier molecular flexibility index (Phi) is 2.11. The standard InChI is InChI=1S/C9H16ClN/c1-11-8(6-10)5-7-3-2-4-9(7)11/h7-9H,2-6H2,1H3. The average molecular weight is 174 g/mol. The second kappa shape index (κ2) is 2.95. The molecule has 0 aromatic rings. The number of halogens is 1. The Labute approximate surface area is 73.7 Å². The highest BCUT2D eigenvalue weighted by atomic mass is 35.5. The lowest BCUT2D eigenvalue weighted by atomic mass is 10.0. The van der Waals surface area contributed by atoms with Crippen LogP contribution >= 0.6 is 11.6 Å². The van der Waals surface area contributed by atoms with E-state index in [1.54, 1.807) is 0 Å². The molecule has 1 heterocycles. The SMILES string of the molecule is CN1C(CCl)CC2CCCC21. The average Bonchev–Trinajstić information content (AvgIpc) is 2.53. The van der Waals surface area contributed by atoms with Crippen molar-refractivity contribution in [1.82, 2.24) is 4.90 Å². The third-order valence-corrected chi connectivity index (χ3v) is 3.83. The van der Waals surface area contributed by atoms with Gasteiger partial charge in [0, 0.05) is 18.0 Å². The van der Waals surface area contributed by atoms with Gasteiger partial charge in [-0.3, -0.25) is 4.90 Å². The zero-order valence-corrected chi connectivity index (χ0v) is 7.85. The predicted octanol–water partition coefficient (Wildman–Crippen LogP) is 2.10. The lowest BCUT2D eigenvalue weighted by Crippen LogP contribution is -2.33. The summed E-state index contributed by atoms with van der Waals surface area (Å²) >= 11 is 5.87. The van der Waals surface area contributed by atoms with Gasteiger partial charge in [-0.1, -0.05) is 6.42 Å². The molecular formula is C9H16ClN. The van der Waals surface area contributed by atoms with Gasteiger partial charge in [0.2, 0.25) is 0 Å². The van der Waals surface area contributed by atoms with Crippen molar-refractivity contribution < 1.29 is 0 Å². The zero-order chi connectivity index (χ0) is 7.84. The largest absolute Gasteiger partial charge is 0.299 e. The van der Waals surface area contributed by atoms with E-state index in [1.165, 1.54) is 25.7 Å². The maximum absolute atomic E-state index is 5.87. The lowest BCUT2D eigenvalue weighted by Gasteiger charge is -2.22. The van der Waals surface area contributed by atoms with Gasteiger partial charge in [-0.25, -0.2) is 0 Å². The van der Waals surface area contributed by atoms with Gasteiger partial charge >= 0.3 is 0 Å². The van der Waals surface area contributed by atoms with Crippen molar-refractivity contribution in [3.63, 3.8) is 0 Å². The second-order valence-corrected chi connectivity index (χ2v) is 4.28. The van der Waals surface area contributed by atoms with E-state index in [0.29, 0.717) is 6.04 Å². The highest BCUT2D eigenvalue weighted by Gasteiger charge is 2.40. The van der Waals surface area contributed by atoms with E-state index in [2.05, 4.69) is 11.9 Å². The normalized spacial score (nSPS) is 44.7. The molecule has 1 saturated carbocycles. The van der Waals surface area contributed by atoms with Gasteiger partial charge in [0.05, 0.1) is 0 Å². The Morgan fingerprint density at radius 3 is 2.91 bits per heavy atom. The van der Waals surface area contributed by atoms with E-state index in [1.807, 2.05) is 0 Å². The quantitative estimate of drug-likeness (QED) is 0.549. The van der Waals surface area contributed by atoms with Crippen LogP contribution in [0.2, 0.25) is 0 Å². The second-order valence-electron chi connectivity index (χ2n) is 3.97. The van der Waals surface area contributed by atoms with E-state index in [-0.39, 0.29) is 0 Å². The van der Waals surface area contributed by atoms with E-state index in [4.69, 9.17) is 11.6 Å². The Balaban J connectivity index is 2.04. The summed E-state index contributed by atoms with van der Waals surface area (Å²) in [5, 5.41) is 0. The molecule has 0 radical (unpaired) electrons. The lowest BCUT2D eigenvalue weighted by molar-refractivity contribution is 0.247. The minimum Gasteiger partial charge on any atom is -0.299 e. The molecule has 11 heavy (non-hydrogen) atoms. The maximum atomic E-state index is 5.87. The van der Waals surface area contributed by atoms with Crippen LogP contribution < -0.4 is 0 Å². The number of fused-ring (bicyclic) bond motifs is 1. The molecule has 64 valence electrons. The number of nitrogens with zero attached hydrogens (tertiary/aromatic N) is 1. The van der Waals surface area contributed by atoms with Crippen LogP contribution in [0.25, 0.3) is 0 Å². The summed E-state index contributed by atoms with van der Waals surface area (Å²) in [6, 6.07) is 1.55. The fraction of sp³-hybridized carbons (Fsp3) is 1.00. The number of alkyl halides is 1. The molecule has 1 nitrogen and oxygen atoms in total. The number of hydrogen-bond donors (Lipinski definition) is 0. The van der Waals surface area contributed by atoms with E-state index < -0.39 is 0 Å². The first-order valence-corrected chi connectivity index (χ1v) is 5.14. The molecule has 2 heteroatoms. The van der Waals surface area contributed by atoms with Crippen LogP contribution in [0.5, 0.6) is 0 Å². The van der Waals surface area contributed by atoms with Crippen molar-refractivity contribution in [1.29, 1.82) is 0 Å². The summed E-state index contributed by atoms with van der Waals surface area (Å²) < 4.78 is 0. The summed E-state index contributed by atoms with van der Waals surface area (Å²) in [6.45, 7) is 0. The van der Waals surface area contributed by atoms with Crippen molar-refractivity contribution >= 4 is 11.6 Å². The Bertz CT molecular complexity index is 148. The third kappa shape index (κ3) is 1.19. The molecule has 0 amide bonds. The van der Waals surface area contributed by atoms with Crippen molar-refractivity contribution in [2.24, 2.45) is 5.92 Å². The van der Waals surface area contributed by atoms with Crippen LogP contribution in [0.3, 0.4) is 0 Å². The van der Waals surface area contributed by atoms with Crippen LogP contribution in [-0.4, -0.2) is 29.9 Å². The molecule has 0 bridgehead atoms. The Hall–Kier alpha value is 0.250. The first-order valence-electron chi connectivity index (χ1n) is 4.61. The molecular weight excluding hydrogens is 158 g/mol. The maximum Gasteiger partial charge on any atom is 0.0379 e. The van der Waals surface area contributed by atoms with Crippen LogP contribution in [0, 0.1) is 5.92 Å². The van der Waals surface area contributed by atoms with E-state index in [0.717, 1.165) is 17.8 Å². The smallest absolute Gasteiger partial charge is 0.0379 e. The van der Waals surface area contributed by atoms with Gasteiger partial charge in [0.25, 0.3) is 0 Å². The highest BCUT2D eigenvalue weighted by Crippen LogP contribution is 2.40. The predicted molar refractivity (Wildman–Crippen MR) is 48.0 cm³/mol. The molecule has 2 fully saturated rings. The van der Waals surface area contributed by atoms with Crippen molar-refractivity contribution in [3.05, 3.63) is 0 Å². The van der Waals surface area contributed by atoms with Gasteiger partial charge in [0.1, 0.15) is 0 Å². The van der Waals surface area contributed by atoms with E-state index >= 15 is 0 Å². The van der Waals surface area contributed by atoms with Crippen molar-refractivity contribution in [3.8, 4) is 0 Å². The summed E-state index contributed by atoms with van der Waals surface area (Å²) in [5.74, 6) is 1.80. The van der Waals surface area contributed by atoms with Crippen molar-refractivity contribution in [2.45, 2.75) is 37.8 Å². The first-order chi connectivity index (χ1) is 5.33. The van der Waals surface area contributed by atoms with Crippen LogP contribution in [-0.2, 0) is 0 Å². The molecule has 1 aliphatic heterocycles. The van der Waals surface area contributed by atoms with Gasteiger partial charge in [-0.2, -0.15) is 0 Å². The zero-order valence-electron chi connectivity index (χ0n) is 7.09. The van der Waals surface area contributed by atoms with Gasteiger partial charge in [0.15, 0.2) is 0 Å². The van der Waals surface area contributed by atoms with Crippen LogP contribution in [0.1, 0.15) is 25.7 Å². The summed E-state index contributed by atoms with van der Waals surface area (Å²) in [5.41, 5.74) is 0. The monoisotopic (exact) mass is 173 g/mol. The molecule has 2 rings (SSSR count). The van der Waals surface area contributed by atoms with Gasteiger partial charge in [-0.15, -0.1) is 11.6 Å². The number of likely N-dealkylation sites (tertiary alicyclic amines) is 1. The fourth-order valence-electron chi connectivity index (χ4n) is 2.79. The number of hydrogen-bond acceptors (Lipinski definition) is 1. The first kappa shape index (κ1) is 7.88. The number of rotatable bonds is 1. The van der Waals surface area contributed by atoms with Gasteiger partial charge in [-0.05, 0) is 32.2 Å². The summed E-state index contributed by atoms with van der Waals surface area (Å²) in [7, 11) is 2.24. The van der Waals surface area contributed by atoms with Crippen LogP contribution in [0.4, 0.5) is 0 Å². The van der Waals surface area contributed by atoms with Crippen LogP contribution in [0.15, 0.2) is 0 Å². The molecule has 1 saturated heterocycles. The molecule has 3 unspecified atom stereocenters. The molecule has 0 N–H and O–H groups in total.